The zero-order valence-corrected chi connectivity index (χ0v) is 12.6. The first-order valence-corrected chi connectivity index (χ1v) is 7.07. The van der Waals surface area contributed by atoms with Crippen LogP contribution < -0.4 is 5.32 Å². The lowest BCUT2D eigenvalue weighted by molar-refractivity contribution is 0.533. The predicted molar refractivity (Wildman–Crippen MR) is 77.5 cm³/mol. The number of hydrogen-bond acceptors (Lipinski definition) is 2. The van der Waals surface area contributed by atoms with E-state index < -0.39 is 0 Å². The summed E-state index contributed by atoms with van der Waals surface area (Å²) in [7, 11) is 1.84. The van der Waals surface area contributed by atoms with Gasteiger partial charge in [-0.3, -0.25) is 4.68 Å². The van der Waals surface area contributed by atoms with Gasteiger partial charge in [0, 0.05) is 28.8 Å². The van der Waals surface area contributed by atoms with Gasteiger partial charge in [0.1, 0.15) is 5.82 Å². The summed E-state index contributed by atoms with van der Waals surface area (Å²) in [6, 6.07) is 5.11. The van der Waals surface area contributed by atoms with E-state index in [0.29, 0.717) is 5.56 Å². The molecule has 0 amide bonds. The van der Waals surface area contributed by atoms with Crippen molar-refractivity contribution in [1.82, 2.24) is 15.1 Å². The molecule has 1 aromatic carbocycles. The molecule has 0 bridgehead atoms. The highest BCUT2D eigenvalue weighted by molar-refractivity contribution is 9.10. The maximum absolute atomic E-state index is 14.0. The van der Waals surface area contributed by atoms with E-state index in [1.165, 1.54) is 6.07 Å². The molecule has 1 N–H and O–H groups in total. The van der Waals surface area contributed by atoms with Crippen molar-refractivity contribution < 1.29 is 4.39 Å². The van der Waals surface area contributed by atoms with Gasteiger partial charge in [-0.15, -0.1) is 0 Å². The smallest absolute Gasteiger partial charge is 0.129 e. The Kier molecular flexibility index (Phi) is 4.71. The molecule has 5 heteroatoms. The molecule has 19 heavy (non-hydrogen) atoms. The molecule has 0 saturated carbocycles. The van der Waals surface area contributed by atoms with Crippen LogP contribution in [0.25, 0.3) is 0 Å². The SMILES string of the molecule is CCn1cc(CC(NC)c2ccc(Br)cc2F)cn1. The minimum atomic E-state index is -0.198. The summed E-state index contributed by atoms with van der Waals surface area (Å²) in [6.07, 6.45) is 4.56. The van der Waals surface area contributed by atoms with Crippen LogP contribution in [0.3, 0.4) is 0 Å². The Hall–Kier alpha value is -1.20. The van der Waals surface area contributed by atoms with Crippen LogP contribution in [0.2, 0.25) is 0 Å². The first-order chi connectivity index (χ1) is 9.13. The first kappa shape index (κ1) is 14.2. The van der Waals surface area contributed by atoms with Gasteiger partial charge >= 0.3 is 0 Å². The molecule has 3 nitrogen and oxygen atoms in total. The van der Waals surface area contributed by atoms with E-state index in [1.807, 2.05) is 43.2 Å². The van der Waals surface area contributed by atoms with Crippen LogP contribution in [0.5, 0.6) is 0 Å². The van der Waals surface area contributed by atoms with Gasteiger partial charge in [-0.05, 0) is 38.1 Å². The molecule has 2 rings (SSSR count). The van der Waals surface area contributed by atoms with Gasteiger partial charge < -0.3 is 5.32 Å². The van der Waals surface area contributed by atoms with Crippen LogP contribution in [0.15, 0.2) is 35.1 Å². The van der Waals surface area contributed by atoms with Crippen LogP contribution in [-0.2, 0) is 13.0 Å². The monoisotopic (exact) mass is 325 g/mol. The lowest BCUT2D eigenvalue weighted by atomic mass is 10.0. The van der Waals surface area contributed by atoms with Crippen LogP contribution in [0.1, 0.15) is 24.1 Å². The predicted octanol–water partition coefficient (Wildman–Crippen LogP) is 3.31. The number of aromatic nitrogens is 2. The fourth-order valence-corrected chi connectivity index (χ4v) is 2.41. The number of aryl methyl sites for hydroxylation is 1. The zero-order valence-electron chi connectivity index (χ0n) is 11.0. The highest BCUT2D eigenvalue weighted by Gasteiger charge is 2.15. The Morgan fingerprint density at radius 3 is 2.84 bits per heavy atom. The third-order valence-corrected chi connectivity index (χ3v) is 3.63. The van der Waals surface area contributed by atoms with Gasteiger partial charge in [-0.1, -0.05) is 22.0 Å². The van der Waals surface area contributed by atoms with E-state index in [1.54, 1.807) is 0 Å². The van der Waals surface area contributed by atoms with E-state index >= 15 is 0 Å². The van der Waals surface area contributed by atoms with Crippen molar-refractivity contribution >= 4 is 15.9 Å². The zero-order chi connectivity index (χ0) is 13.8. The molecule has 0 fully saturated rings. The Morgan fingerprint density at radius 2 is 2.26 bits per heavy atom. The largest absolute Gasteiger partial charge is 0.313 e. The molecule has 1 atom stereocenters. The third kappa shape index (κ3) is 3.42. The topological polar surface area (TPSA) is 29.9 Å². The Bertz CT molecular complexity index is 553. The summed E-state index contributed by atoms with van der Waals surface area (Å²) in [5.41, 5.74) is 1.78. The molecule has 2 aromatic rings. The van der Waals surface area contributed by atoms with Crippen molar-refractivity contribution in [3.05, 3.63) is 52.0 Å². The Labute approximate surface area is 121 Å². The average Bonchev–Trinajstić information content (AvgIpc) is 2.84. The van der Waals surface area contributed by atoms with Crippen molar-refractivity contribution in [3.8, 4) is 0 Å². The van der Waals surface area contributed by atoms with E-state index in [2.05, 4.69) is 26.3 Å². The fraction of sp³-hybridized carbons (Fsp3) is 0.357. The number of likely N-dealkylation sites (N-methyl/N-ethyl adjacent to an activating group) is 1. The van der Waals surface area contributed by atoms with Crippen molar-refractivity contribution in [2.75, 3.05) is 7.05 Å². The molecule has 0 spiro atoms. The second kappa shape index (κ2) is 6.30. The summed E-state index contributed by atoms with van der Waals surface area (Å²) in [5, 5.41) is 7.40. The molecular weight excluding hydrogens is 309 g/mol. The molecule has 0 aliphatic carbocycles. The quantitative estimate of drug-likeness (QED) is 0.914. The van der Waals surface area contributed by atoms with Crippen molar-refractivity contribution in [3.63, 3.8) is 0 Å². The highest BCUT2D eigenvalue weighted by atomic mass is 79.9. The van der Waals surface area contributed by atoms with E-state index in [0.717, 1.165) is 23.0 Å². The van der Waals surface area contributed by atoms with Gasteiger partial charge in [0.2, 0.25) is 0 Å². The van der Waals surface area contributed by atoms with Gasteiger partial charge in [0.05, 0.1) is 6.20 Å². The lowest BCUT2D eigenvalue weighted by Gasteiger charge is -2.16. The Balaban J connectivity index is 2.19. The van der Waals surface area contributed by atoms with Gasteiger partial charge in [-0.25, -0.2) is 4.39 Å². The van der Waals surface area contributed by atoms with Gasteiger partial charge in [0.15, 0.2) is 0 Å². The lowest BCUT2D eigenvalue weighted by Crippen LogP contribution is -2.20. The number of nitrogens with one attached hydrogen (secondary N) is 1. The molecule has 102 valence electrons. The molecular formula is C14H17BrFN3. The summed E-state index contributed by atoms with van der Waals surface area (Å²) in [6.45, 7) is 2.89. The molecule has 1 unspecified atom stereocenters. The first-order valence-electron chi connectivity index (χ1n) is 6.27. The van der Waals surface area contributed by atoms with E-state index in [4.69, 9.17) is 0 Å². The number of benzene rings is 1. The van der Waals surface area contributed by atoms with Crippen LogP contribution in [0, 0.1) is 5.82 Å². The second-order valence-electron chi connectivity index (χ2n) is 4.42. The third-order valence-electron chi connectivity index (χ3n) is 3.14. The highest BCUT2D eigenvalue weighted by Crippen LogP contribution is 2.23. The summed E-state index contributed by atoms with van der Waals surface area (Å²) in [4.78, 5) is 0. The number of halogens is 2. The van der Waals surface area contributed by atoms with Crippen molar-refractivity contribution in [2.45, 2.75) is 25.9 Å². The molecule has 0 aliphatic rings. The minimum absolute atomic E-state index is 0.0531. The second-order valence-corrected chi connectivity index (χ2v) is 5.33. The number of hydrogen-bond donors (Lipinski definition) is 1. The minimum Gasteiger partial charge on any atom is -0.313 e. The molecule has 1 aromatic heterocycles. The van der Waals surface area contributed by atoms with Crippen LogP contribution in [0.4, 0.5) is 4.39 Å². The molecule has 0 aliphatic heterocycles. The Morgan fingerprint density at radius 1 is 1.47 bits per heavy atom. The van der Waals surface area contributed by atoms with Gasteiger partial charge in [-0.2, -0.15) is 5.10 Å². The summed E-state index contributed by atoms with van der Waals surface area (Å²) >= 11 is 3.27. The molecule has 0 radical (unpaired) electrons. The maximum atomic E-state index is 14.0. The average molecular weight is 326 g/mol. The maximum Gasteiger partial charge on any atom is 0.129 e. The van der Waals surface area contributed by atoms with Crippen molar-refractivity contribution in [2.24, 2.45) is 0 Å². The standard InChI is InChI=1S/C14H17BrFN3/c1-3-19-9-10(8-18-19)6-14(17-2)12-5-4-11(15)7-13(12)16/h4-5,7-9,14,17H,3,6H2,1-2H3. The molecule has 0 saturated heterocycles. The van der Waals surface area contributed by atoms with Crippen LogP contribution in [-0.4, -0.2) is 16.8 Å². The number of nitrogens with zero attached hydrogens (tertiary/aromatic N) is 2. The normalized spacial score (nSPS) is 12.6. The van der Waals surface area contributed by atoms with E-state index in [-0.39, 0.29) is 11.9 Å². The fourth-order valence-electron chi connectivity index (χ4n) is 2.07. The molecule has 1 heterocycles. The van der Waals surface area contributed by atoms with Crippen molar-refractivity contribution in [1.29, 1.82) is 0 Å². The van der Waals surface area contributed by atoms with Gasteiger partial charge in [0.25, 0.3) is 0 Å². The summed E-state index contributed by atoms with van der Waals surface area (Å²) in [5.74, 6) is -0.198. The number of rotatable bonds is 5. The van der Waals surface area contributed by atoms with E-state index in [9.17, 15) is 4.39 Å². The summed E-state index contributed by atoms with van der Waals surface area (Å²) < 4.78 is 16.6. The van der Waals surface area contributed by atoms with Crippen LogP contribution >= 0.6 is 15.9 Å².